The van der Waals surface area contributed by atoms with Crippen molar-refractivity contribution in [1.82, 2.24) is 9.29 Å². The largest absolute Gasteiger partial charge is 0.417 e. The molecule has 0 unspecified atom stereocenters. The molecule has 0 aliphatic heterocycles. The quantitative estimate of drug-likeness (QED) is 0.825. The number of alkyl halides is 3. The smallest absolute Gasteiger partial charge is 0.291 e. The van der Waals surface area contributed by atoms with Gasteiger partial charge in [-0.25, -0.2) is 9.78 Å². The van der Waals surface area contributed by atoms with Gasteiger partial charge in [-0.3, -0.25) is 9.62 Å². The molecule has 4 nitrogen and oxygen atoms in total. The molecule has 0 aliphatic rings. The van der Waals surface area contributed by atoms with E-state index >= 15 is 0 Å². The molecule has 23 heavy (non-hydrogen) atoms. The number of thiol groups is 1. The van der Waals surface area contributed by atoms with Gasteiger partial charge in [0, 0.05) is 12.7 Å². The van der Waals surface area contributed by atoms with Crippen molar-refractivity contribution in [2.45, 2.75) is 12.6 Å². The lowest BCUT2D eigenvalue weighted by atomic mass is 10.1. The lowest BCUT2D eigenvalue weighted by Crippen LogP contribution is -2.29. The molecule has 0 saturated heterocycles. The highest BCUT2D eigenvalue weighted by atomic mass is 32.1. The summed E-state index contributed by atoms with van der Waals surface area (Å²) < 4.78 is 38.4. The Balaban J connectivity index is 1.88. The number of aromatic nitrogens is 1. The maximum absolute atomic E-state index is 12.4. The number of carbonyl (C=O) groups excluding carboxylic acids is 1. The van der Waals surface area contributed by atoms with E-state index in [4.69, 9.17) is 0 Å². The van der Waals surface area contributed by atoms with E-state index in [1.54, 1.807) is 0 Å². The normalized spacial score (nSPS) is 11.1. The fourth-order valence-electron chi connectivity index (χ4n) is 1.79. The first kappa shape index (κ1) is 17.1. The second-order valence-corrected chi connectivity index (χ2v) is 5.20. The van der Waals surface area contributed by atoms with Gasteiger partial charge in [0.2, 0.25) is 0 Å². The van der Waals surface area contributed by atoms with Crippen LogP contribution in [-0.4, -0.2) is 21.9 Å². The van der Waals surface area contributed by atoms with Crippen LogP contribution in [0.3, 0.4) is 0 Å². The second kappa shape index (κ2) is 7.36. The summed E-state index contributed by atoms with van der Waals surface area (Å²) in [4.78, 5) is 15.5. The number of urea groups is 1. The number of halogens is 3. The van der Waals surface area contributed by atoms with Gasteiger partial charge >= 0.3 is 12.2 Å². The highest BCUT2D eigenvalue weighted by Gasteiger charge is 2.30. The summed E-state index contributed by atoms with van der Waals surface area (Å²) in [7, 11) is 0. The van der Waals surface area contributed by atoms with Crippen LogP contribution in [0.5, 0.6) is 0 Å². The number of rotatable bonds is 4. The first-order valence-electron chi connectivity index (χ1n) is 6.71. The van der Waals surface area contributed by atoms with Gasteiger partial charge in [0.05, 0.1) is 5.56 Å². The second-order valence-electron chi connectivity index (χ2n) is 4.72. The number of nitrogens with one attached hydrogen (secondary N) is 1. The van der Waals surface area contributed by atoms with Crippen molar-refractivity contribution in [2.75, 3.05) is 11.9 Å². The Hall–Kier alpha value is -2.22. The molecule has 2 aromatic rings. The molecule has 8 heteroatoms. The number of benzene rings is 1. The van der Waals surface area contributed by atoms with Crippen molar-refractivity contribution in [3.8, 4) is 0 Å². The van der Waals surface area contributed by atoms with Gasteiger partial charge < -0.3 is 0 Å². The molecule has 0 atom stereocenters. The number of nitrogens with zero attached hydrogens (tertiary/aromatic N) is 2. The van der Waals surface area contributed by atoms with Crippen molar-refractivity contribution >= 4 is 24.7 Å². The van der Waals surface area contributed by atoms with Crippen LogP contribution >= 0.6 is 12.8 Å². The molecule has 1 aromatic carbocycles. The summed E-state index contributed by atoms with van der Waals surface area (Å²) in [6, 6.07) is 10.9. The summed E-state index contributed by atoms with van der Waals surface area (Å²) in [5, 5.41) is 2.39. The average molecular weight is 341 g/mol. The Bertz CT molecular complexity index is 647. The van der Waals surface area contributed by atoms with Gasteiger partial charge in [0.1, 0.15) is 5.82 Å². The van der Waals surface area contributed by atoms with Gasteiger partial charge in [0.25, 0.3) is 0 Å². The van der Waals surface area contributed by atoms with Crippen molar-refractivity contribution in [3.63, 3.8) is 0 Å². The van der Waals surface area contributed by atoms with Crippen molar-refractivity contribution < 1.29 is 18.0 Å². The average Bonchev–Trinajstić information content (AvgIpc) is 2.53. The number of pyridine rings is 1. The molecule has 1 aromatic heterocycles. The van der Waals surface area contributed by atoms with E-state index in [0.29, 0.717) is 19.2 Å². The minimum atomic E-state index is -4.46. The van der Waals surface area contributed by atoms with E-state index in [-0.39, 0.29) is 5.82 Å². The number of hydrogen-bond acceptors (Lipinski definition) is 3. The van der Waals surface area contributed by atoms with E-state index in [1.807, 2.05) is 30.3 Å². The zero-order valence-electron chi connectivity index (χ0n) is 11.9. The van der Waals surface area contributed by atoms with E-state index < -0.39 is 17.8 Å². The third-order valence-corrected chi connectivity index (χ3v) is 3.40. The maximum Gasteiger partial charge on any atom is 0.417 e. The first-order valence-corrected chi connectivity index (χ1v) is 7.11. The van der Waals surface area contributed by atoms with E-state index in [9.17, 15) is 18.0 Å². The van der Waals surface area contributed by atoms with Crippen LogP contribution in [0.15, 0.2) is 48.7 Å². The monoisotopic (exact) mass is 341 g/mol. The third kappa shape index (κ3) is 5.17. The standard InChI is InChI=1S/C15H14F3N3OS/c16-15(17,18)12-6-7-13(19-10-12)20-14(22)21(23)9-8-11-4-2-1-3-5-11/h1-7,10,23H,8-9H2,(H,19,20,22). The molecule has 0 saturated carbocycles. The minimum absolute atomic E-state index is 0.0294. The predicted molar refractivity (Wildman–Crippen MR) is 84.1 cm³/mol. The SMILES string of the molecule is O=C(Nc1ccc(C(F)(F)F)cn1)N(S)CCc1ccccc1. The fourth-order valence-corrected chi connectivity index (χ4v) is 1.94. The van der Waals surface area contributed by atoms with Crippen LogP contribution in [-0.2, 0) is 12.6 Å². The molecule has 0 fully saturated rings. The van der Waals surface area contributed by atoms with E-state index in [2.05, 4.69) is 23.1 Å². The third-order valence-electron chi connectivity index (χ3n) is 3.02. The lowest BCUT2D eigenvalue weighted by molar-refractivity contribution is -0.137. The summed E-state index contributed by atoms with van der Waals surface area (Å²) >= 11 is 4.07. The molecular weight excluding hydrogens is 327 g/mol. The van der Waals surface area contributed by atoms with Crippen molar-refractivity contribution in [2.24, 2.45) is 0 Å². The maximum atomic E-state index is 12.4. The fraction of sp³-hybridized carbons (Fsp3) is 0.200. The molecule has 0 spiro atoms. The van der Waals surface area contributed by atoms with Gasteiger partial charge in [-0.05, 0) is 24.1 Å². The Morgan fingerprint density at radius 1 is 1.17 bits per heavy atom. The molecule has 0 radical (unpaired) electrons. The van der Waals surface area contributed by atoms with Crippen LogP contribution < -0.4 is 5.32 Å². The molecule has 2 rings (SSSR count). The number of hydrogen-bond donors (Lipinski definition) is 2. The van der Waals surface area contributed by atoms with Crippen LogP contribution in [0.25, 0.3) is 0 Å². The topological polar surface area (TPSA) is 45.2 Å². The van der Waals surface area contributed by atoms with E-state index in [0.717, 1.165) is 22.0 Å². The Kier molecular flexibility index (Phi) is 5.49. The highest BCUT2D eigenvalue weighted by Crippen LogP contribution is 2.28. The molecule has 0 bridgehead atoms. The predicted octanol–water partition coefficient (Wildman–Crippen LogP) is 4.02. The zero-order chi connectivity index (χ0) is 16.9. The zero-order valence-corrected chi connectivity index (χ0v) is 12.8. The summed E-state index contributed by atoms with van der Waals surface area (Å²) in [5.41, 5.74) is 0.175. The molecular formula is C15H14F3N3OS. The Morgan fingerprint density at radius 3 is 2.43 bits per heavy atom. The summed E-state index contributed by atoms with van der Waals surface area (Å²) in [5.74, 6) is 0.0294. The molecule has 0 aliphatic carbocycles. The molecule has 122 valence electrons. The lowest BCUT2D eigenvalue weighted by Gasteiger charge is -2.16. The van der Waals surface area contributed by atoms with Gasteiger partial charge in [-0.2, -0.15) is 13.2 Å². The number of amides is 2. The number of carbonyl (C=O) groups is 1. The van der Waals surface area contributed by atoms with Crippen LogP contribution in [0.1, 0.15) is 11.1 Å². The van der Waals surface area contributed by atoms with Crippen molar-refractivity contribution in [3.05, 3.63) is 59.8 Å². The summed E-state index contributed by atoms with van der Waals surface area (Å²) in [6.07, 6.45) is -3.18. The number of anilines is 1. The van der Waals surface area contributed by atoms with Gasteiger partial charge in [0.15, 0.2) is 0 Å². The van der Waals surface area contributed by atoms with Gasteiger partial charge in [-0.1, -0.05) is 43.1 Å². The van der Waals surface area contributed by atoms with Gasteiger partial charge in [-0.15, -0.1) is 0 Å². The van der Waals surface area contributed by atoms with E-state index in [1.165, 1.54) is 0 Å². The molecule has 2 amide bonds. The Morgan fingerprint density at radius 2 is 1.87 bits per heavy atom. The molecule has 1 N–H and O–H groups in total. The Labute approximate surface area is 136 Å². The van der Waals surface area contributed by atoms with Crippen LogP contribution in [0, 0.1) is 0 Å². The summed E-state index contributed by atoms with van der Waals surface area (Å²) in [6.45, 7) is 0.347. The van der Waals surface area contributed by atoms with Crippen LogP contribution in [0.2, 0.25) is 0 Å². The highest BCUT2D eigenvalue weighted by molar-refractivity contribution is 7.78. The van der Waals surface area contributed by atoms with Crippen molar-refractivity contribution in [1.29, 1.82) is 0 Å². The minimum Gasteiger partial charge on any atom is -0.291 e. The van der Waals surface area contributed by atoms with Crippen LogP contribution in [0.4, 0.5) is 23.8 Å². The first-order chi connectivity index (χ1) is 10.9. The molecule has 1 heterocycles.